The molecule has 1 aromatic heterocycles. The summed E-state index contributed by atoms with van der Waals surface area (Å²) in [4.78, 5) is 13.1. The number of halogens is 6. The van der Waals surface area contributed by atoms with Gasteiger partial charge in [-0.15, -0.1) is 13.2 Å². The summed E-state index contributed by atoms with van der Waals surface area (Å²) in [6.07, 6.45) is -7.55. The van der Waals surface area contributed by atoms with Gasteiger partial charge in [0.15, 0.2) is 5.75 Å². The van der Waals surface area contributed by atoms with Gasteiger partial charge in [0.1, 0.15) is 0 Å². The molecule has 0 aliphatic rings. The van der Waals surface area contributed by atoms with Gasteiger partial charge in [0.25, 0.3) is 6.43 Å². The van der Waals surface area contributed by atoms with Gasteiger partial charge in [0.05, 0.1) is 9.26 Å². The van der Waals surface area contributed by atoms with E-state index in [-0.39, 0.29) is 0 Å². The molecule has 0 bridgehead atoms. The molecule has 0 unspecified atom stereocenters. The SMILES string of the molecule is O=c1c(OC(F)(F)F)c[nH]c(C(F)F)c1I. The molecule has 9 heteroatoms. The topological polar surface area (TPSA) is 42.1 Å². The zero-order valence-corrected chi connectivity index (χ0v) is 9.40. The molecule has 0 amide bonds. The first-order valence-corrected chi connectivity index (χ1v) is 4.75. The molecular formula is C7H3F5INO2. The smallest absolute Gasteiger partial charge is 0.400 e. The van der Waals surface area contributed by atoms with Crippen molar-refractivity contribution in [3.05, 3.63) is 25.7 Å². The van der Waals surface area contributed by atoms with Crippen molar-refractivity contribution in [1.29, 1.82) is 0 Å². The molecule has 1 heterocycles. The first kappa shape index (κ1) is 13.2. The summed E-state index contributed by atoms with van der Waals surface area (Å²) >= 11 is 1.23. The summed E-state index contributed by atoms with van der Waals surface area (Å²) < 4.78 is 62.7. The third-order valence-corrected chi connectivity index (χ3v) is 2.53. The van der Waals surface area contributed by atoms with Crippen molar-refractivity contribution in [1.82, 2.24) is 4.98 Å². The molecule has 1 rings (SSSR count). The number of pyridine rings is 1. The van der Waals surface area contributed by atoms with Crippen molar-refractivity contribution in [2.45, 2.75) is 12.8 Å². The summed E-state index contributed by atoms with van der Waals surface area (Å²) in [7, 11) is 0. The number of ether oxygens (including phenoxy) is 1. The van der Waals surface area contributed by atoms with Crippen LogP contribution < -0.4 is 10.2 Å². The number of nitrogens with one attached hydrogen (secondary N) is 1. The van der Waals surface area contributed by atoms with E-state index in [1.807, 2.05) is 4.98 Å². The number of aromatic nitrogens is 1. The third kappa shape index (κ3) is 3.06. The molecule has 0 saturated heterocycles. The molecule has 3 nitrogen and oxygen atoms in total. The van der Waals surface area contributed by atoms with E-state index in [0.29, 0.717) is 6.20 Å². The Morgan fingerprint density at radius 3 is 2.38 bits per heavy atom. The summed E-state index contributed by atoms with van der Waals surface area (Å²) in [6, 6.07) is 0. The molecule has 0 radical (unpaired) electrons. The highest BCUT2D eigenvalue weighted by molar-refractivity contribution is 14.1. The van der Waals surface area contributed by atoms with Crippen LogP contribution in [0.25, 0.3) is 0 Å². The number of hydrogen-bond donors (Lipinski definition) is 1. The first-order valence-electron chi connectivity index (χ1n) is 3.67. The molecule has 0 atom stereocenters. The van der Waals surface area contributed by atoms with Gasteiger partial charge >= 0.3 is 6.36 Å². The zero-order valence-electron chi connectivity index (χ0n) is 7.24. The van der Waals surface area contributed by atoms with Gasteiger partial charge in [-0.2, -0.15) is 0 Å². The van der Waals surface area contributed by atoms with Gasteiger partial charge in [-0.3, -0.25) is 4.79 Å². The van der Waals surface area contributed by atoms with E-state index in [4.69, 9.17) is 0 Å². The van der Waals surface area contributed by atoms with E-state index in [2.05, 4.69) is 4.74 Å². The highest BCUT2D eigenvalue weighted by atomic mass is 127. The van der Waals surface area contributed by atoms with E-state index in [9.17, 15) is 26.7 Å². The van der Waals surface area contributed by atoms with Gasteiger partial charge in [0, 0.05) is 6.20 Å². The summed E-state index contributed by atoms with van der Waals surface area (Å²) in [5.41, 5.74) is -1.97. The van der Waals surface area contributed by atoms with Crippen LogP contribution in [-0.4, -0.2) is 11.3 Å². The maximum Gasteiger partial charge on any atom is 0.573 e. The Kier molecular flexibility index (Phi) is 3.76. The molecule has 16 heavy (non-hydrogen) atoms. The van der Waals surface area contributed by atoms with Gasteiger partial charge in [0.2, 0.25) is 5.43 Å². The number of aromatic amines is 1. The van der Waals surface area contributed by atoms with Crippen LogP contribution in [0.4, 0.5) is 22.0 Å². The van der Waals surface area contributed by atoms with Gasteiger partial charge in [-0.1, -0.05) is 0 Å². The van der Waals surface area contributed by atoms with E-state index >= 15 is 0 Å². The van der Waals surface area contributed by atoms with Crippen molar-refractivity contribution in [2.24, 2.45) is 0 Å². The molecule has 0 aromatic carbocycles. The number of rotatable bonds is 2. The lowest BCUT2D eigenvalue weighted by molar-refractivity contribution is -0.275. The minimum absolute atomic E-state index is 0.458. The maximum atomic E-state index is 12.2. The van der Waals surface area contributed by atoms with Crippen LogP contribution in [-0.2, 0) is 0 Å². The van der Waals surface area contributed by atoms with Crippen LogP contribution in [0.1, 0.15) is 12.1 Å². The lowest BCUT2D eigenvalue weighted by Gasteiger charge is -2.09. The second kappa shape index (κ2) is 4.55. The summed E-state index contributed by atoms with van der Waals surface area (Å²) in [6.45, 7) is 0. The van der Waals surface area contributed by atoms with Crippen LogP contribution in [0.2, 0.25) is 0 Å². The molecule has 0 fully saturated rings. The van der Waals surface area contributed by atoms with Crippen LogP contribution in [0.15, 0.2) is 11.0 Å². The van der Waals surface area contributed by atoms with E-state index < -0.39 is 33.2 Å². The second-order valence-corrected chi connectivity index (χ2v) is 3.64. The largest absolute Gasteiger partial charge is 0.573 e. The fourth-order valence-corrected chi connectivity index (χ4v) is 1.52. The molecule has 0 aliphatic heterocycles. The molecule has 1 N–H and O–H groups in total. The van der Waals surface area contributed by atoms with Gasteiger partial charge in [-0.25, -0.2) is 8.78 Å². The molecule has 0 aliphatic carbocycles. The van der Waals surface area contributed by atoms with Crippen LogP contribution in [0.3, 0.4) is 0 Å². The van der Waals surface area contributed by atoms with Crippen LogP contribution in [0, 0.1) is 3.57 Å². The highest BCUT2D eigenvalue weighted by Gasteiger charge is 2.33. The lowest BCUT2D eigenvalue weighted by Crippen LogP contribution is -2.23. The number of hydrogen-bond acceptors (Lipinski definition) is 2. The normalized spacial score (nSPS) is 11.9. The predicted molar refractivity (Wildman–Crippen MR) is 51.4 cm³/mol. The van der Waals surface area contributed by atoms with Crippen molar-refractivity contribution in [2.75, 3.05) is 0 Å². The van der Waals surface area contributed by atoms with Crippen molar-refractivity contribution in [3.63, 3.8) is 0 Å². The van der Waals surface area contributed by atoms with Crippen LogP contribution in [0.5, 0.6) is 5.75 Å². The number of H-pyrrole nitrogens is 1. The standard InChI is InChI=1S/C7H3F5INO2/c8-6(9)4-3(13)5(15)2(1-14-4)16-7(10,11)12/h1,6H,(H,14,15). The van der Waals surface area contributed by atoms with Gasteiger partial charge < -0.3 is 9.72 Å². The van der Waals surface area contributed by atoms with Crippen LogP contribution >= 0.6 is 22.6 Å². The quantitative estimate of drug-likeness (QED) is 0.655. The average molecular weight is 355 g/mol. The Morgan fingerprint density at radius 2 is 1.94 bits per heavy atom. The average Bonchev–Trinajstić information content (AvgIpc) is 2.10. The Balaban J connectivity index is 3.18. The maximum absolute atomic E-state index is 12.2. The Labute approximate surface area is 98.7 Å². The lowest BCUT2D eigenvalue weighted by atomic mass is 10.3. The van der Waals surface area contributed by atoms with Crippen molar-refractivity contribution >= 4 is 22.6 Å². The van der Waals surface area contributed by atoms with E-state index in [1.165, 1.54) is 22.6 Å². The van der Waals surface area contributed by atoms with Gasteiger partial charge in [-0.05, 0) is 22.6 Å². The monoisotopic (exact) mass is 355 g/mol. The van der Waals surface area contributed by atoms with Crippen molar-refractivity contribution < 1.29 is 26.7 Å². The Morgan fingerprint density at radius 1 is 1.38 bits per heavy atom. The Hall–Kier alpha value is -0.870. The fraction of sp³-hybridized carbons (Fsp3) is 0.286. The van der Waals surface area contributed by atoms with E-state index in [1.54, 1.807) is 0 Å². The minimum Gasteiger partial charge on any atom is -0.400 e. The highest BCUT2D eigenvalue weighted by Crippen LogP contribution is 2.24. The van der Waals surface area contributed by atoms with Crippen molar-refractivity contribution in [3.8, 4) is 5.75 Å². The molecule has 90 valence electrons. The minimum atomic E-state index is -5.04. The number of alkyl halides is 5. The molecule has 0 spiro atoms. The molecular weight excluding hydrogens is 352 g/mol. The first-order chi connectivity index (χ1) is 7.22. The summed E-state index contributed by atoms with van der Waals surface area (Å²) in [5, 5.41) is 0. The third-order valence-electron chi connectivity index (χ3n) is 1.46. The fourth-order valence-electron chi connectivity index (χ4n) is 0.862. The van der Waals surface area contributed by atoms with E-state index in [0.717, 1.165) is 0 Å². The predicted octanol–water partition coefficient (Wildman–Crippen LogP) is 2.82. The Bertz CT molecular complexity index is 441. The second-order valence-electron chi connectivity index (χ2n) is 2.56. The molecule has 0 saturated carbocycles. The zero-order chi connectivity index (χ0) is 12.5. The molecule has 1 aromatic rings. The summed E-state index contributed by atoms with van der Waals surface area (Å²) in [5.74, 6) is -1.07.